The van der Waals surface area contributed by atoms with Crippen molar-refractivity contribution in [3.05, 3.63) is 34.9 Å². The molecule has 0 aromatic carbocycles. The van der Waals surface area contributed by atoms with E-state index in [-0.39, 0.29) is 17.9 Å². The van der Waals surface area contributed by atoms with E-state index in [4.69, 9.17) is 0 Å². The molecule has 29 heavy (non-hydrogen) atoms. The highest BCUT2D eigenvalue weighted by Crippen LogP contribution is 2.32. The van der Waals surface area contributed by atoms with Crippen LogP contribution in [0.5, 0.6) is 0 Å². The lowest BCUT2D eigenvalue weighted by molar-refractivity contribution is -0.126. The highest BCUT2D eigenvalue weighted by atomic mass is 32.1. The topological polar surface area (TPSA) is 61.4 Å². The highest BCUT2D eigenvalue weighted by molar-refractivity contribution is 7.10. The van der Waals surface area contributed by atoms with Gasteiger partial charge in [-0.2, -0.15) is 0 Å². The van der Waals surface area contributed by atoms with E-state index in [2.05, 4.69) is 49.5 Å². The lowest BCUT2D eigenvalue weighted by Crippen LogP contribution is -2.42. The quantitative estimate of drug-likeness (QED) is 0.775. The SMILES string of the molecule is CC[C@@H](NC(=O)C1CCN(c2cncnc2N2CCCCC2)CC1)c1cccs1. The summed E-state index contributed by atoms with van der Waals surface area (Å²) in [5.41, 5.74) is 1.12. The van der Waals surface area contributed by atoms with Gasteiger partial charge in [0.25, 0.3) is 0 Å². The molecule has 1 N–H and O–H groups in total. The van der Waals surface area contributed by atoms with Crippen molar-refractivity contribution < 1.29 is 4.79 Å². The molecule has 2 aromatic heterocycles. The van der Waals surface area contributed by atoms with Gasteiger partial charge in [-0.25, -0.2) is 9.97 Å². The fourth-order valence-electron chi connectivity index (χ4n) is 4.42. The summed E-state index contributed by atoms with van der Waals surface area (Å²) >= 11 is 1.72. The number of thiophene rings is 1. The van der Waals surface area contributed by atoms with Crippen LogP contribution in [0, 0.1) is 5.92 Å². The van der Waals surface area contributed by atoms with Gasteiger partial charge in [0.2, 0.25) is 5.91 Å². The standard InChI is InChI=1S/C22H31N5OS/c1-2-18(20-7-6-14-29-20)25-22(28)17-8-12-26(13-9-17)19-15-23-16-24-21(19)27-10-4-3-5-11-27/h6-7,14-18H,2-5,8-13H2,1H3,(H,25,28)/t18-/m1/s1. The van der Waals surface area contributed by atoms with Crippen molar-refractivity contribution in [2.45, 2.75) is 51.5 Å². The molecule has 2 fully saturated rings. The lowest BCUT2D eigenvalue weighted by Gasteiger charge is -2.36. The van der Waals surface area contributed by atoms with Crippen molar-refractivity contribution in [1.82, 2.24) is 15.3 Å². The fourth-order valence-corrected chi connectivity index (χ4v) is 5.29. The summed E-state index contributed by atoms with van der Waals surface area (Å²) in [6.45, 7) is 6.03. The number of anilines is 2. The minimum atomic E-state index is 0.0864. The molecule has 6 nitrogen and oxygen atoms in total. The number of carbonyl (C=O) groups excluding carboxylic acids is 1. The summed E-state index contributed by atoms with van der Waals surface area (Å²) in [4.78, 5) is 27.8. The first kappa shape index (κ1) is 20.1. The number of piperidine rings is 2. The Labute approximate surface area is 177 Å². The molecule has 156 valence electrons. The van der Waals surface area contributed by atoms with Crippen molar-refractivity contribution in [2.75, 3.05) is 36.0 Å². The molecule has 7 heteroatoms. The monoisotopic (exact) mass is 413 g/mol. The Bertz CT molecular complexity index is 782. The Balaban J connectivity index is 1.36. The summed E-state index contributed by atoms with van der Waals surface area (Å²) in [5, 5.41) is 5.35. The van der Waals surface area contributed by atoms with E-state index in [1.54, 1.807) is 17.7 Å². The van der Waals surface area contributed by atoms with E-state index in [9.17, 15) is 4.79 Å². The molecule has 0 aliphatic carbocycles. The molecule has 0 saturated carbocycles. The Morgan fingerprint density at radius 3 is 2.69 bits per heavy atom. The van der Waals surface area contributed by atoms with E-state index < -0.39 is 0 Å². The van der Waals surface area contributed by atoms with Gasteiger partial charge in [-0.1, -0.05) is 13.0 Å². The van der Waals surface area contributed by atoms with Gasteiger partial charge in [0.15, 0.2) is 5.82 Å². The van der Waals surface area contributed by atoms with Crippen LogP contribution in [0.3, 0.4) is 0 Å². The van der Waals surface area contributed by atoms with E-state index >= 15 is 0 Å². The number of hydrogen-bond donors (Lipinski definition) is 1. The van der Waals surface area contributed by atoms with Crippen LogP contribution in [0.1, 0.15) is 56.4 Å². The third-order valence-electron chi connectivity index (χ3n) is 6.15. The van der Waals surface area contributed by atoms with Crippen molar-refractivity contribution in [3.63, 3.8) is 0 Å². The third-order valence-corrected chi connectivity index (χ3v) is 7.13. The number of hydrogen-bond acceptors (Lipinski definition) is 6. The Morgan fingerprint density at radius 2 is 2.00 bits per heavy atom. The van der Waals surface area contributed by atoms with E-state index in [1.165, 1.54) is 24.1 Å². The molecule has 4 rings (SSSR count). The first-order chi connectivity index (χ1) is 14.3. The zero-order valence-corrected chi connectivity index (χ0v) is 18.0. The van der Waals surface area contributed by atoms with Gasteiger partial charge in [0.1, 0.15) is 6.33 Å². The molecule has 4 heterocycles. The molecule has 2 saturated heterocycles. The minimum Gasteiger partial charge on any atom is -0.367 e. The van der Waals surface area contributed by atoms with Gasteiger partial charge >= 0.3 is 0 Å². The molecule has 0 unspecified atom stereocenters. The summed E-state index contributed by atoms with van der Waals surface area (Å²) in [6, 6.07) is 4.29. The molecule has 0 spiro atoms. The first-order valence-electron chi connectivity index (χ1n) is 10.9. The van der Waals surface area contributed by atoms with Gasteiger partial charge in [-0.3, -0.25) is 4.79 Å². The van der Waals surface area contributed by atoms with E-state index in [0.717, 1.165) is 56.9 Å². The Hall–Kier alpha value is -2.15. The maximum Gasteiger partial charge on any atom is 0.223 e. The number of nitrogens with one attached hydrogen (secondary N) is 1. The molecule has 1 atom stereocenters. The second-order valence-electron chi connectivity index (χ2n) is 8.03. The van der Waals surface area contributed by atoms with Crippen LogP contribution in [-0.2, 0) is 4.79 Å². The first-order valence-corrected chi connectivity index (χ1v) is 11.8. The van der Waals surface area contributed by atoms with Crippen molar-refractivity contribution in [1.29, 1.82) is 0 Å². The minimum absolute atomic E-state index is 0.0864. The van der Waals surface area contributed by atoms with Crippen molar-refractivity contribution in [3.8, 4) is 0 Å². The molecule has 1 amide bonds. The largest absolute Gasteiger partial charge is 0.367 e. The smallest absolute Gasteiger partial charge is 0.223 e. The predicted molar refractivity (Wildman–Crippen MR) is 119 cm³/mol. The fraction of sp³-hybridized carbons (Fsp3) is 0.591. The molecule has 2 aromatic rings. The maximum absolute atomic E-state index is 12.9. The normalized spacial score (nSPS) is 19.2. The summed E-state index contributed by atoms with van der Waals surface area (Å²) in [7, 11) is 0. The third kappa shape index (κ3) is 4.71. The lowest BCUT2D eigenvalue weighted by atomic mass is 9.95. The molecule has 2 aliphatic rings. The Kier molecular flexibility index (Phi) is 6.64. The molecule has 2 aliphatic heterocycles. The van der Waals surface area contributed by atoms with Crippen LogP contribution in [-0.4, -0.2) is 42.1 Å². The number of rotatable bonds is 6. The molecular formula is C22H31N5OS. The average molecular weight is 414 g/mol. The summed E-state index contributed by atoms with van der Waals surface area (Å²) in [6.07, 6.45) is 10.0. The van der Waals surface area contributed by atoms with Gasteiger partial charge in [0, 0.05) is 37.0 Å². The second kappa shape index (κ2) is 9.57. The number of amides is 1. The van der Waals surface area contributed by atoms with E-state index in [1.807, 2.05) is 6.20 Å². The predicted octanol–water partition coefficient (Wildman–Crippen LogP) is 4.01. The summed E-state index contributed by atoms with van der Waals surface area (Å²) < 4.78 is 0. The molecule has 0 bridgehead atoms. The molecular weight excluding hydrogens is 382 g/mol. The number of carbonyl (C=O) groups is 1. The highest BCUT2D eigenvalue weighted by Gasteiger charge is 2.29. The van der Waals surface area contributed by atoms with Crippen LogP contribution in [0.2, 0.25) is 0 Å². The molecule has 0 radical (unpaired) electrons. The van der Waals surface area contributed by atoms with Crippen molar-refractivity contribution in [2.24, 2.45) is 5.92 Å². The van der Waals surface area contributed by atoms with E-state index in [0.29, 0.717) is 0 Å². The van der Waals surface area contributed by atoms with Crippen LogP contribution >= 0.6 is 11.3 Å². The maximum atomic E-state index is 12.9. The van der Waals surface area contributed by atoms with Gasteiger partial charge in [-0.05, 0) is 50.0 Å². The van der Waals surface area contributed by atoms with Crippen molar-refractivity contribution >= 4 is 28.7 Å². The van der Waals surface area contributed by atoms with Crippen LogP contribution in [0.25, 0.3) is 0 Å². The van der Waals surface area contributed by atoms with Crippen LogP contribution < -0.4 is 15.1 Å². The second-order valence-corrected chi connectivity index (χ2v) is 9.00. The summed E-state index contributed by atoms with van der Waals surface area (Å²) in [5.74, 6) is 1.35. The average Bonchev–Trinajstić information content (AvgIpc) is 3.33. The zero-order valence-electron chi connectivity index (χ0n) is 17.2. The van der Waals surface area contributed by atoms with Crippen LogP contribution in [0.4, 0.5) is 11.5 Å². The number of nitrogens with zero attached hydrogens (tertiary/aromatic N) is 4. The van der Waals surface area contributed by atoms with Gasteiger partial charge < -0.3 is 15.1 Å². The Morgan fingerprint density at radius 1 is 1.21 bits per heavy atom. The van der Waals surface area contributed by atoms with Gasteiger partial charge in [-0.15, -0.1) is 11.3 Å². The zero-order chi connectivity index (χ0) is 20.1. The number of aromatic nitrogens is 2. The van der Waals surface area contributed by atoms with Gasteiger partial charge in [0.05, 0.1) is 17.9 Å². The van der Waals surface area contributed by atoms with Crippen LogP contribution in [0.15, 0.2) is 30.0 Å².